The number of allylic oxidation sites excluding steroid dienone is 4. The van der Waals surface area contributed by atoms with Crippen LogP contribution in [0.4, 0.5) is 0 Å². The largest absolute Gasteiger partial charge is 0.294 e. The van der Waals surface area contributed by atoms with E-state index in [-0.39, 0.29) is 17.1 Å². The molecule has 2 aliphatic rings. The predicted molar refractivity (Wildman–Crippen MR) is 58.3 cm³/mol. The second kappa shape index (κ2) is 3.54. The molecule has 14 heavy (non-hydrogen) atoms. The summed E-state index contributed by atoms with van der Waals surface area (Å²) in [5.41, 5.74) is 1.06. The fourth-order valence-electron chi connectivity index (χ4n) is 2.51. The van der Waals surface area contributed by atoms with E-state index in [0.717, 1.165) is 12.0 Å². The second-order valence-corrected chi connectivity index (χ2v) is 5.05. The van der Waals surface area contributed by atoms with E-state index in [2.05, 4.69) is 12.2 Å². The first-order chi connectivity index (χ1) is 6.59. The van der Waals surface area contributed by atoms with Gasteiger partial charge in [-0.25, -0.2) is 0 Å². The van der Waals surface area contributed by atoms with Crippen LogP contribution in [0.2, 0.25) is 0 Å². The Hall–Kier alpha value is -0.560. The molecule has 76 valence electrons. The zero-order valence-corrected chi connectivity index (χ0v) is 9.29. The maximum Gasteiger partial charge on any atom is 0.160 e. The van der Waals surface area contributed by atoms with Crippen molar-refractivity contribution in [2.75, 3.05) is 0 Å². The molecule has 0 saturated heterocycles. The third kappa shape index (κ3) is 1.54. The van der Waals surface area contributed by atoms with Crippen molar-refractivity contribution in [3.05, 3.63) is 23.8 Å². The summed E-state index contributed by atoms with van der Waals surface area (Å²) in [6.45, 7) is 3.90. The van der Waals surface area contributed by atoms with Gasteiger partial charge in [-0.2, -0.15) is 0 Å². The van der Waals surface area contributed by atoms with Crippen LogP contribution in [0.3, 0.4) is 0 Å². The minimum atomic E-state index is 0.0214. The lowest BCUT2D eigenvalue weighted by Gasteiger charge is -2.20. The molecule has 0 spiro atoms. The quantitative estimate of drug-likeness (QED) is 0.389. The summed E-state index contributed by atoms with van der Waals surface area (Å²) in [5.74, 6) is 1.06. The lowest BCUT2D eigenvalue weighted by Crippen LogP contribution is -2.26. The van der Waals surface area contributed by atoms with E-state index in [4.69, 9.17) is 11.6 Å². The zero-order chi connectivity index (χ0) is 10.3. The van der Waals surface area contributed by atoms with E-state index < -0.39 is 0 Å². The Kier molecular flexibility index (Phi) is 2.52. The minimum absolute atomic E-state index is 0.0214. The van der Waals surface area contributed by atoms with Gasteiger partial charge in [-0.05, 0) is 38.2 Å². The summed E-state index contributed by atoms with van der Waals surface area (Å²) in [5, 5.41) is 0.0214. The van der Waals surface area contributed by atoms with E-state index in [1.54, 1.807) is 6.08 Å². The van der Waals surface area contributed by atoms with Gasteiger partial charge in [0, 0.05) is 5.92 Å². The van der Waals surface area contributed by atoms with Gasteiger partial charge < -0.3 is 0 Å². The average Bonchev–Trinajstić information content (AvgIpc) is 2.61. The molecule has 0 aromatic carbocycles. The summed E-state index contributed by atoms with van der Waals surface area (Å²) in [4.78, 5) is 11.9. The van der Waals surface area contributed by atoms with Gasteiger partial charge >= 0.3 is 0 Å². The van der Waals surface area contributed by atoms with Gasteiger partial charge in [-0.1, -0.05) is 17.7 Å². The number of halogens is 1. The van der Waals surface area contributed by atoms with Crippen molar-refractivity contribution in [1.82, 2.24) is 0 Å². The highest BCUT2D eigenvalue weighted by Crippen LogP contribution is 2.47. The zero-order valence-electron chi connectivity index (χ0n) is 8.53. The molecule has 1 nitrogen and oxygen atoms in total. The number of hydrogen-bond acceptors (Lipinski definition) is 1. The van der Waals surface area contributed by atoms with Crippen molar-refractivity contribution in [1.29, 1.82) is 0 Å². The van der Waals surface area contributed by atoms with Gasteiger partial charge in [0.1, 0.15) is 0 Å². The molecule has 0 aromatic rings. The Labute approximate surface area is 89.8 Å². The van der Waals surface area contributed by atoms with Gasteiger partial charge in [0.25, 0.3) is 0 Å². The van der Waals surface area contributed by atoms with Crippen molar-refractivity contribution >= 4 is 17.4 Å². The van der Waals surface area contributed by atoms with E-state index in [1.807, 2.05) is 13.8 Å². The lowest BCUT2D eigenvalue weighted by atomic mass is 9.88. The summed E-state index contributed by atoms with van der Waals surface area (Å²) < 4.78 is 0. The third-order valence-corrected chi connectivity index (χ3v) is 3.72. The molecule has 0 amide bonds. The highest BCUT2D eigenvalue weighted by molar-refractivity contribution is 6.23. The number of hydrogen-bond donors (Lipinski definition) is 0. The Balaban J connectivity index is 2.16. The maximum atomic E-state index is 11.9. The molecule has 2 bridgehead atoms. The van der Waals surface area contributed by atoms with E-state index in [0.29, 0.717) is 11.8 Å². The molecule has 0 radical (unpaired) electrons. The van der Waals surface area contributed by atoms with Crippen molar-refractivity contribution in [2.45, 2.75) is 25.6 Å². The van der Waals surface area contributed by atoms with Gasteiger partial charge in [0.2, 0.25) is 0 Å². The molecule has 0 aliphatic heterocycles. The number of fused-ring (bicyclic) bond motifs is 2. The van der Waals surface area contributed by atoms with Crippen LogP contribution in [0.25, 0.3) is 0 Å². The minimum Gasteiger partial charge on any atom is -0.294 e. The monoisotopic (exact) mass is 210 g/mol. The molecule has 0 N–H and O–H groups in total. The van der Waals surface area contributed by atoms with Gasteiger partial charge in [-0.15, -0.1) is 11.6 Å². The Bertz CT molecular complexity index is 312. The topological polar surface area (TPSA) is 17.1 Å². The van der Waals surface area contributed by atoms with Crippen LogP contribution in [0.1, 0.15) is 20.3 Å². The van der Waals surface area contributed by atoms with Crippen molar-refractivity contribution < 1.29 is 4.79 Å². The van der Waals surface area contributed by atoms with Crippen molar-refractivity contribution in [3.8, 4) is 0 Å². The summed E-state index contributed by atoms with van der Waals surface area (Å²) in [7, 11) is 0. The molecule has 2 aliphatic carbocycles. The highest BCUT2D eigenvalue weighted by Gasteiger charge is 2.46. The van der Waals surface area contributed by atoms with E-state index >= 15 is 0 Å². The van der Waals surface area contributed by atoms with E-state index in [1.165, 1.54) is 0 Å². The van der Waals surface area contributed by atoms with Crippen molar-refractivity contribution in [3.63, 3.8) is 0 Å². The van der Waals surface area contributed by atoms with Crippen LogP contribution in [0.15, 0.2) is 23.8 Å². The van der Waals surface area contributed by atoms with Gasteiger partial charge in [-0.3, -0.25) is 4.79 Å². The predicted octanol–water partition coefficient (Wildman–Crippen LogP) is 2.95. The highest BCUT2D eigenvalue weighted by atomic mass is 35.5. The molecule has 0 heterocycles. The lowest BCUT2D eigenvalue weighted by molar-refractivity contribution is -0.118. The fraction of sp³-hybridized carbons (Fsp3) is 0.583. The van der Waals surface area contributed by atoms with Crippen LogP contribution in [-0.2, 0) is 4.79 Å². The molecular weight excluding hydrogens is 196 g/mol. The molecule has 2 rings (SSSR count). The molecule has 0 unspecified atom stereocenters. The van der Waals surface area contributed by atoms with Crippen molar-refractivity contribution in [2.24, 2.45) is 17.8 Å². The number of rotatable bonds is 2. The van der Waals surface area contributed by atoms with Crippen LogP contribution in [-0.4, -0.2) is 11.2 Å². The Morgan fingerprint density at radius 2 is 2.00 bits per heavy atom. The van der Waals surface area contributed by atoms with E-state index in [9.17, 15) is 4.79 Å². The smallest absolute Gasteiger partial charge is 0.160 e. The number of alkyl halides is 1. The molecule has 1 saturated carbocycles. The number of ketones is 1. The third-order valence-electron chi connectivity index (χ3n) is 3.12. The average molecular weight is 211 g/mol. The van der Waals surface area contributed by atoms with Crippen LogP contribution >= 0.6 is 11.6 Å². The van der Waals surface area contributed by atoms with Gasteiger partial charge in [0.15, 0.2) is 5.78 Å². The fourth-order valence-corrected chi connectivity index (χ4v) is 3.01. The number of carbonyl (C=O) groups is 1. The first-order valence-electron chi connectivity index (χ1n) is 5.10. The van der Waals surface area contributed by atoms with Crippen LogP contribution < -0.4 is 0 Å². The van der Waals surface area contributed by atoms with Crippen LogP contribution in [0, 0.1) is 17.8 Å². The second-order valence-electron chi connectivity index (χ2n) is 4.54. The van der Waals surface area contributed by atoms with Gasteiger partial charge in [0.05, 0.1) is 5.38 Å². The Morgan fingerprint density at radius 1 is 1.36 bits per heavy atom. The molecule has 2 heteroatoms. The SMILES string of the molecule is CC(C)=CC(=O)[C@@H]1[C@@H](Cl)[C@H]2C=C[C@@H]1C2. The molecule has 0 aromatic heterocycles. The molecule has 1 fully saturated rings. The number of carbonyl (C=O) groups excluding carboxylic acids is 1. The standard InChI is InChI=1S/C12H15ClO/c1-7(2)5-10(14)11-8-3-4-9(6-8)12(11)13/h3-5,8-9,11-12H,6H2,1-2H3/t8-,9+,11-,12+/m1/s1. The summed E-state index contributed by atoms with van der Waals surface area (Å²) in [6, 6.07) is 0. The maximum absolute atomic E-state index is 11.9. The van der Waals surface area contributed by atoms with Crippen LogP contribution in [0.5, 0.6) is 0 Å². The first kappa shape index (κ1) is 9.97. The Morgan fingerprint density at radius 3 is 2.50 bits per heavy atom. The summed E-state index contributed by atoms with van der Waals surface area (Å²) >= 11 is 6.25. The molecular formula is C12H15ClO. The first-order valence-corrected chi connectivity index (χ1v) is 5.54. The normalized spacial score (nSPS) is 38.8. The summed E-state index contributed by atoms with van der Waals surface area (Å²) in [6.07, 6.45) is 7.12. The molecule has 4 atom stereocenters.